The van der Waals surface area contributed by atoms with Crippen LogP contribution in [0.15, 0.2) is 42.5 Å². The third kappa shape index (κ3) is 3.67. The van der Waals surface area contributed by atoms with Crippen molar-refractivity contribution in [3.8, 4) is 0 Å². The molecule has 0 saturated heterocycles. The van der Waals surface area contributed by atoms with Gasteiger partial charge in [-0.15, -0.1) is 0 Å². The van der Waals surface area contributed by atoms with Gasteiger partial charge in [0.05, 0.1) is 0 Å². The SMILES string of the molecule is O=C/C=C\C(=O)NCc1ccccc1. The minimum atomic E-state index is -0.263. The second-order valence-corrected chi connectivity index (χ2v) is 2.70. The second-order valence-electron chi connectivity index (χ2n) is 2.70. The van der Waals surface area contributed by atoms with Crippen molar-refractivity contribution in [2.45, 2.75) is 6.54 Å². The van der Waals surface area contributed by atoms with E-state index in [9.17, 15) is 9.59 Å². The van der Waals surface area contributed by atoms with Crippen molar-refractivity contribution in [2.75, 3.05) is 0 Å². The lowest BCUT2D eigenvalue weighted by Crippen LogP contribution is -2.20. The minimum Gasteiger partial charge on any atom is -0.348 e. The Bertz CT molecular complexity index is 330. The molecular formula is C11H11NO2. The maximum Gasteiger partial charge on any atom is 0.244 e. The molecule has 72 valence electrons. The molecule has 1 aromatic carbocycles. The van der Waals surface area contributed by atoms with E-state index in [0.29, 0.717) is 12.8 Å². The summed E-state index contributed by atoms with van der Waals surface area (Å²) < 4.78 is 0. The molecule has 0 radical (unpaired) electrons. The van der Waals surface area contributed by atoms with Crippen LogP contribution in [-0.4, -0.2) is 12.2 Å². The van der Waals surface area contributed by atoms with Gasteiger partial charge in [-0.1, -0.05) is 30.3 Å². The summed E-state index contributed by atoms with van der Waals surface area (Å²) in [4.78, 5) is 20.9. The molecule has 0 aliphatic heterocycles. The highest BCUT2D eigenvalue weighted by atomic mass is 16.1. The molecule has 0 atom stereocenters. The summed E-state index contributed by atoms with van der Waals surface area (Å²) in [5.41, 5.74) is 1.03. The summed E-state index contributed by atoms with van der Waals surface area (Å²) in [6.07, 6.45) is 2.94. The molecule has 1 N–H and O–H groups in total. The highest BCUT2D eigenvalue weighted by Crippen LogP contribution is 1.96. The van der Waals surface area contributed by atoms with Crippen molar-refractivity contribution >= 4 is 12.2 Å². The number of carbonyl (C=O) groups excluding carboxylic acids is 2. The van der Waals surface area contributed by atoms with Gasteiger partial charge in [0, 0.05) is 12.6 Å². The van der Waals surface area contributed by atoms with Crippen LogP contribution in [0.1, 0.15) is 5.56 Å². The molecule has 0 aliphatic carbocycles. The molecular weight excluding hydrogens is 178 g/mol. The standard InChI is InChI=1S/C11H11NO2/c13-8-4-7-11(14)12-9-10-5-2-1-3-6-10/h1-8H,9H2,(H,12,14)/b7-4-. The Balaban J connectivity index is 2.38. The van der Waals surface area contributed by atoms with E-state index in [-0.39, 0.29) is 5.91 Å². The van der Waals surface area contributed by atoms with E-state index >= 15 is 0 Å². The van der Waals surface area contributed by atoms with Crippen molar-refractivity contribution in [1.82, 2.24) is 5.32 Å². The third-order valence-corrected chi connectivity index (χ3v) is 1.64. The molecule has 1 aromatic rings. The molecule has 0 spiro atoms. The summed E-state index contributed by atoms with van der Waals surface area (Å²) in [7, 11) is 0. The summed E-state index contributed by atoms with van der Waals surface area (Å²) in [6.45, 7) is 0.475. The van der Waals surface area contributed by atoms with E-state index in [1.165, 1.54) is 12.2 Å². The lowest BCUT2D eigenvalue weighted by Gasteiger charge is -2.00. The van der Waals surface area contributed by atoms with Crippen molar-refractivity contribution in [2.24, 2.45) is 0 Å². The smallest absolute Gasteiger partial charge is 0.244 e. The maximum atomic E-state index is 11.0. The highest BCUT2D eigenvalue weighted by molar-refractivity contribution is 5.90. The molecule has 0 heterocycles. The molecule has 1 rings (SSSR count). The fourth-order valence-corrected chi connectivity index (χ4v) is 0.971. The van der Waals surface area contributed by atoms with Gasteiger partial charge in [0.1, 0.15) is 6.29 Å². The van der Waals surface area contributed by atoms with E-state index in [0.717, 1.165) is 5.56 Å². The maximum absolute atomic E-state index is 11.0. The van der Waals surface area contributed by atoms with Crippen molar-refractivity contribution in [3.05, 3.63) is 48.0 Å². The molecule has 0 fully saturated rings. The van der Waals surface area contributed by atoms with E-state index in [4.69, 9.17) is 0 Å². The molecule has 0 saturated carbocycles. The molecule has 3 heteroatoms. The first-order valence-electron chi connectivity index (χ1n) is 4.26. The number of benzene rings is 1. The van der Waals surface area contributed by atoms with Crippen LogP contribution in [0.4, 0.5) is 0 Å². The largest absolute Gasteiger partial charge is 0.348 e. The quantitative estimate of drug-likeness (QED) is 0.568. The van der Waals surface area contributed by atoms with Gasteiger partial charge >= 0.3 is 0 Å². The number of rotatable bonds is 4. The van der Waals surface area contributed by atoms with Crippen LogP contribution < -0.4 is 5.32 Å². The fraction of sp³-hybridized carbons (Fsp3) is 0.0909. The van der Waals surface area contributed by atoms with Crippen LogP contribution in [0.2, 0.25) is 0 Å². The topological polar surface area (TPSA) is 46.2 Å². The average Bonchev–Trinajstić information content (AvgIpc) is 2.25. The van der Waals surface area contributed by atoms with Gasteiger partial charge < -0.3 is 5.32 Å². The second kappa shape index (κ2) is 5.70. The minimum absolute atomic E-state index is 0.263. The first-order chi connectivity index (χ1) is 6.83. The van der Waals surface area contributed by atoms with Crippen molar-refractivity contribution in [3.63, 3.8) is 0 Å². The molecule has 0 bridgehead atoms. The number of hydrogen-bond donors (Lipinski definition) is 1. The lowest BCUT2D eigenvalue weighted by molar-refractivity contribution is -0.117. The van der Waals surface area contributed by atoms with Crippen LogP contribution in [-0.2, 0) is 16.1 Å². The predicted molar refractivity (Wildman–Crippen MR) is 53.5 cm³/mol. The fourth-order valence-electron chi connectivity index (χ4n) is 0.971. The predicted octanol–water partition coefficient (Wildman–Crippen LogP) is 1.06. The third-order valence-electron chi connectivity index (χ3n) is 1.64. The average molecular weight is 189 g/mol. The molecule has 0 unspecified atom stereocenters. The van der Waals surface area contributed by atoms with Gasteiger partial charge in [0.2, 0.25) is 5.91 Å². The van der Waals surface area contributed by atoms with Gasteiger partial charge in [0.25, 0.3) is 0 Å². The Kier molecular flexibility index (Phi) is 4.14. The summed E-state index contributed by atoms with van der Waals surface area (Å²) in [5.74, 6) is -0.263. The highest BCUT2D eigenvalue weighted by Gasteiger charge is 1.94. The summed E-state index contributed by atoms with van der Waals surface area (Å²) >= 11 is 0. The monoisotopic (exact) mass is 189 g/mol. The van der Waals surface area contributed by atoms with E-state index in [2.05, 4.69) is 5.32 Å². The van der Waals surface area contributed by atoms with E-state index in [1.54, 1.807) is 0 Å². The molecule has 3 nitrogen and oxygen atoms in total. The normalized spacial score (nSPS) is 10.0. The number of amides is 1. The number of nitrogens with one attached hydrogen (secondary N) is 1. The molecule has 0 aromatic heterocycles. The van der Waals surface area contributed by atoms with Crippen LogP contribution in [0.25, 0.3) is 0 Å². The van der Waals surface area contributed by atoms with E-state index in [1.807, 2.05) is 30.3 Å². The van der Waals surface area contributed by atoms with Crippen LogP contribution >= 0.6 is 0 Å². The zero-order valence-corrected chi connectivity index (χ0v) is 7.64. The Morgan fingerprint density at radius 3 is 2.64 bits per heavy atom. The first-order valence-corrected chi connectivity index (χ1v) is 4.26. The van der Waals surface area contributed by atoms with Gasteiger partial charge in [-0.25, -0.2) is 0 Å². The summed E-state index contributed by atoms with van der Waals surface area (Å²) in [5, 5.41) is 2.65. The van der Waals surface area contributed by atoms with Crippen LogP contribution in [0, 0.1) is 0 Å². The van der Waals surface area contributed by atoms with Gasteiger partial charge in [-0.3, -0.25) is 9.59 Å². The van der Waals surface area contributed by atoms with Gasteiger partial charge in [-0.2, -0.15) is 0 Å². The van der Waals surface area contributed by atoms with Crippen LogP contribution in [0.5, 0.6) is 0 Å². The Morgan fingerprint density at radius 1 is 1.29 bits per heavy atom. The number of hydrogen-bond acceptors (Lipinski definition) is 2. The van der Waals surface area contributed by atoms with Crippen molar-refractivity contribution < 1.29 is 9.59 Å². The Morgan fingerprint density at radius 2 is 2.00 bits per heavy atom. The van der Waals surface area contributed by atoms with Crippen molar-refractivity contribution in [1.29, 1.82) is 0 Å². The number of carbonyl (C=O) groups is 2. The van der Waals surface area contributed by atoms with Gasteiger partial charge in [0.15, 0.2) is 0 Å². The van der Waals surface area contributed by atoms with Gasteiger partial charge in [-0.05, 0) is 11.6 Å². The Labute approximate surface area is 82.4 Å². The zero-order chi connectivity index (χ0) is 10.2. The Hall–Kier alpha value is -1.90. The lowest BCUT2D eigenvalue weighted by atomic mass is 10.2. The zero-order valence-electron chi connectivity index (χ0n) is 7.64. The molecule has 14 heavy (non-hydrogen) atoms. The number of aldehydes is 1. The molecule has 1 amide bonds. The molecule has 0 aliphatic rings. The van der Waals surface area contributed by atoms with E-state index < -0.39 is 0 Å². The number of allylic oxidation sites excluding steroid dienone is 1. The first kappa shape index (κ1) is 10.2. The summed E-state index contributed by atoms with van der Waals surface area (Å²) in [6, 6.07) is 9.57. The van der Waals surface area contributed by atoms with Crippen LogP contribution in [0.3, 0.4) is 0 Å².